The zero-order valence-electron chi connectivity index (χ0n) is 44.9. The molecule has 76 heavy (non-hydrogen) atoms. The molecule has 2 unspecified atom stereocenters. The molecule has 1 fully saturated rings. The molecular weight excluding hydrogens is 1010 g/mol. The number of nitrogens with one attached hydrogen (secondary N) is 3. The summed E-state index contributed by atoms with van der Waals surface area (Å²) in [6.07, 6.45) is 8.71. The fourth-order valence-corrected chi connectivity index (χ4v) is 6.35. The number of carbonyl (C=O) groups is 14. The van der Waals surface area contributed by atoms with Gasteiger partial charge in [-0.05, 0) is 80.1 Å². The molecule has 2 atom stereocenters. The van der Waals surface area contributed by atoms with E-state index in [0.717, 1.165) is 9.80 Å². The molecule has 3 aliphatic heterocycles. The normalized spacial score (nSPS) is 14.7. The van der Waals surface area contributed by atoms with Crippen molar-refractivity contribution in [3.63, 3.8) is 0 Å². The minimum atomic E-state index is -1.11. The van der Waals surface area contributed by atoms with Gasteiger partial charge in [-0.25, -0.2) is 14.4 Å². The number of aliphatic carboxylic acids is 2. The van der Waals surface area contributed by atoms with Gasteiger partial charge in [0.25, 0.3) is 35.4 Å². The van der Waals surface area contributed by atoms with E-state index in [1.807, 2.05) is 0 Å². The van der Waals surface area contributed by atoms with Crippen LogP contribution in [0.5, 0.6) is 0 Å². The van der Waals surface area contributed by atoms with E-state index in [9.17, 15) is 71.5 Å². The van der Waals surface area contributed by atoms with E-state index in [2.05, 4.69) is 16.0 Å². The summed E-state index contributed by atoms with van der Waals surface area (Å²) < 4.78 is 25.9. The second-order valence-corrected chi connectivity index (χ2v) is 18.8. The molecule has 0 aromatic rings. The average Bonchev–Trinajstić information content (AvgIpc) is 3.94. The molecule has 26 nitrogen and oxygen atoms in total. The summed E-state index contributed by atoms with van der Waals surface area (Å²) in [6, 6.07) is -2.01. The SMILES string of the molecule is CC(C)(C)OC(=O)C(CN)NC(=O)CCCC(=O)O.CC(C)(C)OC(=O)C(CNC(=O)CCCCCN1C(=O)C=CC1=O)NC(=O)CCCC(=O)O.O=C(CCCCCN1C(=O)C=CC1=O)ON1C(=O)CCC1=O.[2H]CF. The van der Waals surface area contributed by atoms with Crippen molar-refractivity contribution >= 4 is 83.0 Å². The Kier molecular flexibility index (Phi) is 31.3. The third-order valence-electron chi connectivity index (χ3n) is 9.93. The van der Waals surface area contributed by atoms with Crippen LogP contribution in [0.2, 0.25) is 0 Å². The van der Waals surface area contributed by atoms with Crippen LogP contribution in [0.4, 0.5) is 4.39 Å². The number of amides is 9. The number of halogens is 1. The van der Waals surface area contributed by atoms with Crippen LogP contribution in [0.15, 0.2) is 24.3 Å². The highest BCUT2D eigenvalue weighted by Gasteiger charge is 2.33. The van der Waals surface area contributed by atoms with Crippen LogP contribution in [0, 0.1) is 0 Å². The number of carboxylic acids is 2. The van der Waals surface area contributed by atoms with Gasteiger partial charge in [0.05, 0.1) is 8.52 Å². The summed E-state index contributed by atoms with van der Waals surface area (Å²) in [7, 11) is -1.00. The van der Waals surface area contributed by atoms with Crippen molar-refractivity contribution < 1.29 is 97.4 Å². The Morgan fingerprint density at radius 3 is 1.34 bits per heavy atom. The zero-order chi connectivity index (χ0) is 58.9. The molecule has 0 saturated carbocycles. The number of imide groups is 3. The van der Waals surface area contributed by atoms with Crippen molar-refractivity contribution in [3.05, 3.63) is 24.3 Å². The summed E-state index contributed by atoms with van der Waals surface area (Å²) in [5.41, 5.74) is 3.96. The molecule has 27 heteroatoms. The molecule has 1 saturated heterocycles. The van der Waals surface area contributed by atoms with Gasteiger partial charge in [-0.3, -0.25) is 66.9 Å². The molecule has 0 aromatic carbocycles. The third-order valence-corrected chi connectivity index (χ3v) is 9.93. The molecule has 9 amide bonds. The number of nitrogens with two attached hydrogens (primary N) is 1. The van der Waals surface area contributed by atoms with Crippen LogP contribution >= 0.6 is 0 Å². The molecule has 0 spiro atoms. The van der Waals surface area contributed by atoms with Crippen molar-refractivity contribution in [2.24, 2.45) is 5.73 Å². The first-order valence-electron chi connectivity index (χ1n) is 25.1. The van der Waals surface area contributed by atoms with E-state index in [1.165, 1.54) is 24.3 Å². The number of hydroxylamine groups is 2. The average molecular weight is 1090 g/mol. The molecule has 0 aromatic heterocycles. The Hall–Kier alpha value is -7.45. The van der Waals surface area contributed by atoms with Gasteiger partial charge in [0.15, 0.2) is 0 Å². The Labute approximate surface area is 441 Å². The standard InChI is InChI=1S/C22H33N3O8.C14H16N2O6.C12H22N2O5.CH3F/c1-22(2,3)33-21(32)15(24-17(27)9-7-10-20(30)31)14-23-16(26)8-5-4-6-13-25-18(28)11-12-19(25)29;17-10-5-6-11(18)15(10)9-3-1-2-4-14(21)22-16-12(19)7-8-13(16)20;1-12(2,3)19-11(18)8(7-13)14-9(15)5-4-6-10(16)17;1-2/h11-12,15H,4-10,13-14H2,1-3H3,(H,23,26)(H,24,27)(H,30,31);5-6H,1-4,7-9H2;8H,4-7,13H2,1-3H3,(H,14,15)(H,16,17);1H3/i;;;1D. The first-order chi connectivity index (χ1) is 35.9. The Balaban J connectivity index is 0.00000114. The topological polar surface area (TPSA) is 379 Å². The van der Waals surface area contributed by atoms with Crippen LogP contribution in [0.3, 0.4) is 0 Å². The second kappa shape index (κ2) is 35.7. The van der Waals surface area contributed by atoms with Crippen LogP contribution in [0.25, 0.3) is 0 Å². The van der Waals surface area contributed by atoms with E-state index in [-0.39, 0.29) is 107 Å². The Bertz CT molecular complexity index is 2110. The minimum absolute atomic E-state index is 0.0333. The van der Waals surface area contributed by atoms with E-state index in [1.54, 1.807) is 41.5 Å². The van der Waals surface area contributed by atoms with Gasteiger partial charge in [0, 0.05) is 102 Å². The van der Waals surface area contributed by atoms with E-state index in [4.69, 9.17) is 31.6 Å². The van der Waals surface area contributed by atoms with Crippen molar-refractivity contribution in [1.82, 2.24) is 30.8 Å². The maximum absolute atomic E-state index is 12.4. The number of ether oxygens (including phenoxy) is 2. The number of nitrogens with zero attached hydrogens (tertiary/aromatic N) is 3. The summed E-state index contributed by atoms with van der Waals surface area (Å²) in [5, 5.41) is 25.1. The Morgan fingerprint density at radius 1 is 0.592 bits per heavy atom. The molecule has 7 N–H and O–H groups in total. The fraction of sp³-hybridized carbons (Fsp3) is 0.633. The number of hydrogen-bond acceptors (Lipinski definition) is 18. The first-order valence-corrected chi connectivity index (χ1v) is 24.4. The molecule has 3 heterocycles. The van der Waals surface area contributed by atoms with Crippen molar-refractivity contribution in [2.45, 2.75) is 168 Å². The summed E-state index contributed by atoms with van der Waals surface area (Å²) >= 11 is 0. The first kappa shape index (κ1) is 66.6. The smallest absolute Gasteiger partial charge is 0.333 e. The Morgan fingerprint density at radius 2 is 0.961 bits per heavy atom. The van der Waals surface area contributed by atoms with Gasteiger partial charge >= 0.3 is 29.8 Å². The summed E-state index contributed by atoms with van der Waals surface area (Å²) in [4.78, 5) is 167. The molecule has 3 aliphatic rings. The maximum Gasteiger partial charge on any atom is 0.333 e. The zero-order valence-corrected chi connectivity index (χ0v) is 43.9. The second-order valence-electron chi connectivity index (χ2n) is 18.8. The van der Waals surface area contributed by atoms with Crippen molar-refractivity contribution in [2.75, 3.05) is 33.3 Å². The number of carbonyl (C=O) groups excluding carboxylic acids is 12. The van der Waals surface area contributed by atoms with Crippen LogP contribution < -0.4 is 21.7 Å². The van der Waals surface area contributed by atoms with E-state index in [0.29, 0.717) is 56.7 Å². The lowest BCUT2D eigenvalue weighted by molar-refractivity contribution is -0.197. The largest absolute Gasteiger partial charge is 0.481 e. The molecule has 0 bridgehead atoms. The molecule has 0 aliphatic carbocycles. The number of esters is 2. The van der Waals surface area contributed by atoms with Gasteiger partial charge in [0.1, 0.15) is 23.3 Å². The molecule has 0 radical (unpaired) electrons. The molecule has 426 valence electrons. The predicted molar refractivity (Wildman–Crippen MR) is 263 cm³/mol. The predicted octanol–water partition coefficient (Wildman–Crippen LogP) is 1.36. The van der Waals surface area contributed by atoms with Crippen LogP contribution in [0.1, 0.15) is 146 Å². The van der Waals surface area contributed by atoms with E-state index >= 15 is 0 Å². The fourth-order valence-electron chi connectivity index (χ4n) is 6.35. The van der Waals surface area contributed by atoms with Crippen LogP contribution in [-0.2, 0) is 81.4 Å². The highest BCUT2D eigenvalue weighted by atomic mass is 19.1. The number of rotatable bonds is 28. The van der Waals surface area contributed by atoms with E-state index < -0.39 is 83.9 Å². The highest BCUT2D eigenvalue weighted by Crippen LogP contribution is 2.15. The molecular formula is C49H74FN7O19. The number of hydrogen-bond donors (Lipinski definition) is 6. The van der Waals surface area contributed by atoms with Gasteiger partial charge in [0.2, 0.25) is 17.7 Å². The van der Waals surface area contributed by atoms with Gasteiger partial charge < -0.3 is 46.2 Å². The third kappa shape index (κ3) is 30.7. The quantitative estimate of drug-likeness (QED) is 0.0366. The number of unbranched alkanes of at least 4 members (excludes halogenated alkanes) is 4. The summed E-state index contributed by atoms with van der Waals surface area (Å²) in [6.45, 7) is 10.5. The lowest BCUT2D eigenvalue weighted by Gasteiger charge is -2.24. The number of alkyl halides is 1. The highest BCUT2D eigenvalue weighted by molar-refractivity contribution is 6.13. The monoisotopic (exact) mass is 1080 g/mol. The molecule has 3 rings (SSSR count). The van der Waals surface area contributed by atoms with Gasteiger partial charge in [-0.15, -0.1) is 5.06 Å². The summed E-state index contributed by atoms with van der Waals surface area (Å²) in [5.74, 6) is -7.50. The maximum atomic E-state index is 12.4. The van der Waals surface area contributed by atoms with Crippen molar-refractivity contribution in [1.29, 1.82) is 0 Å². The lowest BCUT2D eigenvalue weighted by atomic mass is 10.1. The van der Waals surface area contributed by atoms with Gasteiger partial charge in [-0.1, -0.05) is 12.8 Å². The van der Waals surface area contributed by atoms with Gasteiger partial charge in [-0.2, -0.15) is 0 Å². The lowest BCUT2D eigenvalue weighted by Crippen LogP contribution is -2.50. The van der Waals surface area contributed by atoms with Crippen molar-refractivity contribution in [3.8, 4) is 0 Å². The number of carboxylic acid groups (broad SMARTS) is 2. The van der Waals surface area contributed by atoms with Crippen LogP contribution in [-0.4, -0.2) is 165 Å². The minimum Gasteiger partial charge on any atom is -0.481 e.